The Morgan fingerprint density at radius 1 is 1.26 bits per heavy atom. The fraction of sp³-hybridized carbons (Fsp3) is 0.167. The lowest BCUT2D eigenvalue weighted by Crippen LogP contribution is -2.31. The van der Waals surface area contributed by atoms with Gasteiger partial charge < -0.3 is 15.4 Å². The Morgan fingerprint density at radius 3 is 2.89 bits per heavy atom. The molecule has 1 aliphatic rings. The number of para-hydroxylation sites is 2. The molecule has 2 N–H and O–H groups in total. The van der Waals surface area contributed by atoms with Crippen molar-refractivity contribution in [2.45, 2.75) is 13.0 Å². The molecule has 3 heterocycles. The second kappa shape index (κ2) is 6.87. The van der Waals surface area contributed by atoms with Gasteiger partial charge in [0.25, 0.3) is 5.91 Å². The average molecular weight is 363 g/mol. The number of methoxy groups -OCH3 is 1. The smallest absolute Gasteiger partial charge is 0.255 e. The molecule has 136 valence electrons. The minimum absolute atomic E-state index is 0.278. The Hall–Kier alpha value is -3.75. The third kappa shape index (κ3) is 2.99. The van der Waals surface area contributed by atoms with E-state index < -0.39 is 6.04 Å². The van der Waals surface area contributed by atoms with Crippen molar-refractivity contribution in [2.75, 3.05) is 17.7 Å². The lowest BCUT2D eigenvalue weighted by atomic mass is 9.96. The topological polar surface area (TPSA) is 107 Å². The summed E-state index contributed by atoms with van der Waals surface area (Å²) < 4.78 is 6.89. The first-order valence-corrected chi connectivity index (χ1v) is 8.29. The van der Waals surface area contributed by atoms with E-state index in [1.807, 2.05) is 31.2 Å². The molecule has 1 atom stereocenters. The van der Waals surface area contributed by atoms with Gasteiger partial charge >= 0.3 is 0 Å². The Labute approximate surface area is 155 Å². The van der Waals surface area contributed by atoms with Gasteiger partial charge in [-0.15, -0.1) is 0 Å². The van der Waals surface area contributed by atoms with Crippen molar-refractivity contribution < 1.29 is 9.53 Å². The molecule has 4 rings (SSSR count). The molecule has 2 aromatic heterocycles. The minimum Gasteiger partial charge on any atom is -0.495 e. The number of benzene rings is 1. The number of nitrogens with zero attached hydrogens (tertiary/aromatic N) is 5. The zero-order chi connectivity index (χ0) is 18.8. The van der Waals surface area contributed by atoms with Gasteiger partial charge in [0.05, 0.1) is 18.4 Å². The average Bonchev–Trinajstić information content (AvgIpc) is 3.15. The number of hydrogen-bond donors (Lipinski definition) is 2. The van der Waals surface area contributed by atoms with Crippen molar-refractivity contribution in [3.05, 3.63) is 65.6 Å². The van der Waals surface area contributed by atoms with Gasteiger partial charge in [-0.1, -0.05) is 23.3 Å². The number of carbonyl (C=O) groups is 1. The summed E-state index contributed by atoms with van der Waals surface area (Å²) in [6.07, 6.45) is 3.38. The molecule has 1 aromatic carbocycles. The van der Waals surface area contributed by atoms with Crippen molar-refractivity contribution in [3.8, 4) is 5.75 Å². The van der Waals surface area contributed by atoms with Crippen molar-refractivity contribution >= 4 is 17.5 Å². The van der Waals surface area contributed by atoms with Crippen LogP contribution in [0.5, 0.6) is 5.75 Å². The molecule has 0 saturated carbocycles. The first-order chi connectivity index (χ1) is 13.2. The third-order valence-corrected chi connectivity index (χ3v) is 4.31. The van der Waals surface area contributed by atoms with Crippen LogP contribution in [-0.4, -0.2) is 38.2 Å². The van der Waals surface area contributed by atoms with E-state index >= 15 is 0 Å². The second-order valence-electron chi connectivity index (χ2n) is 5.95. The molecule has 1 aliphatic heterocycles. The molecule has 0 bridgehead atoms. The predicted molar refractivity (Wildman–Crippen MR) is 98.1 cm³/mol. The molecule has 0 spiro atoms. The van der Waals surface area contributed by atoms with Gasteiger partial charge in [-0.2, -0.15) is 4.68 Å². The van der Waals surface area contributed by atoms with Crippen LogP contribution < -0.4 is 15.4 Å². The van der Waals surface area contributed by atoms with Crippen LogP contribution in [0.25, 0.3) is 0 Å². The number of nitrogens with one attached hydrogen (secondary N) is 2. The van der Waals surface area contributed by atoms with Crippen LogP contribution >= 0.6 is 0 Å². The Balaban J connectivity index is 1.76. The number of pyridine rings is 1. The van der Waals surface area contributed by atoms with Crippen molar-refractivity contribution in [2.24, 2.45) is 0 Å². The van der Waals surface area contributed by atoms with E-state index in [1.165, 1.54) is 0 Å². The zero-order valence-corrected chi connectivity index (χ0v) is 14.7. The summed E-state index contributed by atoms with van der Waals surface area (Å²) >= 11 is 0. The Morgan fingerprint density at radius 2 is 2.11 bits per heavy atom. The van der Waals surface area contributed by atoms with Crippen LogP contribution in [0, 0.1) is 0 Å². The SMILES string of the molecule is COc1ccccc1NC(=O)C1=C(C)Nc2nnnn2[C@@H]1c1cccnc1. The number of hydrogen-bond acceptors (Lipinski definition) is 7. The molecule has 0 saturated heterocycles. The summed E-state index contributed by atoms with van der Waals surface area (Å²) in [6, 6.07) is 10.4. The largest absolute Gasteiger partial charge is 0.495 e. The van der Waals surface area contributed by atoms with Crippen LogP contribution in [-0.2, 0) is 4.79 Å². The van der Waals surface area contributed by atoms with Gasteiger partial charge in [-0.3, -0.25) is 9.78 Å². The number of fused-ring (bicyclic) bond motifs is 1. The quantitative estimate of drug-likeness (QED) is 0.730. The highest BCUT2D eigenvalue weighted by atomic mass is 16.5. The highest BCUT2D eigenvalue weighted by Crippen LogP contribution is 2.35. The highest BCUT2D eigenvalue weighted by Gasteiger charge is 2.34. The monoisotopic (exact) mass is 363 g/mol. The fourth-order valence-electron chi connectivity index (χ4n) is 3.09. The molecule has 3 aromatic rings. The minimum atomic E-state index is -0.500. The first-order valence-electron chi connectivity index (χ1n) is 8.29. The van der Waals surface area contributed by atoms with E-state index in [0.29, 0.717) is 28.7 Å². The number of tetrazole rings is 1. The van der Waals surface area contributed by atoms with Gasteiger partial charge in [0, 0.05) is 18.1 Å². The number of rotatable bonds is 4. The second-order valence-corrected chi connectivity index (χ2v) is 5.95. The van der Waals surface area contributed by atoms with Gasteiger partial charge in [-0.25, -0.2) is 0 Å². The maximum Gasteiger partial charge on any atom is 0.255 e. The van der Waals surface area contributed by atoms with E-state index in [9.17, 15) is 4.79 Å². The maximum absolute atomic E-state index is 13.2. The van der Waals surface area contributed by atoms with Crippen LogP contribution in [0.3, 0.4) is 0 Å². The Kier molecular flexibility index (Phi) is 4.25. The number of aromatic nitrogens is 5. The fourth-order valence-corrected chi connectivity index (χ4v) is 3.09. The zero-order valence-electron chi connectivity index (χ0n) is 14.7. The summed E-state index contributed by atoms with van der Waals surface area (Å²) in [6.45, 7) is 1.82. The lowest BCUT2D eigenvalue weighted by molar-refractivity contribution is -0.113. The third-order valence-electron chi connectivity index (χ3n) is 4.31. The summed E-state index contributed by atoms with van der Waals surface area (Å²) in [5.74, 6) is 0.767. The molecular formula is C18H17N7O2. The number of carbonyl (C=O) groups excluding carboxylic acids is 1. The Bertz CT molecular complexity index is 1010. The molecule has 1 amide bonds. The van der Waals surface area contributed by atoms with E-state index in [4.69, 9.17) is 4.74 Å². The molecule has 0 aliphatic carbocycles. The van der Waals surface area contributed by atoms with E-state index in [-0.39, 0.29) is 5.91 Å². The summed E-state index contributed by atoms with van der Waals surface area (Å²) in [7, 11) is 1.56. The van der Waals surface area contributed by atoms with E-state index in [1.54, 1.807) is 36.3 Å². The summed E-state index contributed by atoms with van der Waals surface area (Å²) in [5, 5.41) is 17.7. The van der Waals surface area contributed by atoms with Gasteiger partial charge in [-0.05, 0) is 41.1 Å². The van der Waals surface area contributed by atoms with E-state index in [2.05, 4.69) is 31.1 Å². The molecule has 0 unspecified atom stereocenters. The van der Waals surface area contributed by atoms with Crippen LogP contribution in [0.15, 0.2) is 60.1 Å². The van der Waals surface area contributed by atoms with Crippen molar-refractivity contribution in [1.29, 1.82) is 0 Å². The lowest BCUT2D eigenvalue weighted by Gasteiger charge is -2.27. The summed E-state index contributed by atoms with van der Waals surface area (Å²) in [5.41, 5.74) is 2.54. The van der Waals surface area contributed by atoms with E-state index in [0.717, 1.165) is 5.56 Å². The van der Waals surface area contributed by atoms with Crippen LogP contribution in [0.4, 0.5) is 11.6 Å². The normalized spacial score (nSPS) is 15.7. The molecule has 0 fully saturated rings. The van der Waals surface area contributed by atoms with Crippen LogP contribution in [0.1, 0.15) is 18.5 Å². The predicted octanol–water partition coefficient (Wildman–Crippen LogP) is 2.00. The van der Waals surface area contributed by atoms with Gasteiger partial charge in [0.1, 0.15) is 11.8 Å². The maximum atomic E-state index is 13.2. The van der Waals surface area contributed by atoms with Crippen LogP contribution in [0.2, 0.25) is 0 Å². The molecule has 9 nitrogen and oxygen atoms in total. The summed E-state index contributed by atoms with van der Waals surface area (Å²) in [4.78, 5) is 17.4. The molecule has 0 radical (unpaired) electrons. The molecule has 9 heteroatoms. The highest BCUT2D eigenvalue weighted by molar-refractivity contribution is 6.06. The number of amides is 1. The number of allylic oxidation sites excluding steroid dienone is 1. The van der Waals surface area contributed by atoms with Crippen molar-refractivity contribution in [1.82, 2.24) is 25.2 Å². The standard InChI is InChI=1S/C18H17N7O2/c1-11-15(17(26)21-13-7-3-4-8-14(13)27-2)16(12-6-5-9-19-10-12)25-18(20-11)22-23-24-25/h3-10,16H,1-2H3,(H,21,26)(H,20,22,24)/t16-/m1/s1. The number of ether oxygens (including phenoxy) is 1. The molecular weight excluding hydrogens is 346 g/mol. The van der Waals surface area contributed by atoms with Crippen molar-refractivity contribution in [3.63, 3.8) is 0 Å². The molecule has 27 heavy (non-hydrogen) atoms. The first kappa shape index (κ1) is 16.7. The van der Waals surface area contributed by atoms with Gasteiger partial charge in [0.15, 0.2) is 0 Å². The van der Waals surface area contributed by atoms with Gasteiger partial charge in [0.2, 0.25) is 5.95 Å². The number of anilines is 2.